The highest BCUT2D eigenvalue weighted by atomic mass is 15.3. The van der Waals surface area contributed by atoms with Crippen LogP contribution in [-0.4, -0.2) is 19.7 Å². The van der Waals surface area contributed by atoms with E-state index < -0.39 is 0 Å². The van der Waals surface area contributed by atoms with E-state index >= 15 is 0 Å². The number of nitrogens with zero attached hydrogens (tertiary/aromatic N) is 4. The average Bonchev–Trinajstić information content (AvgIpc) is 2.98. The number of terminal acetylenes is 1. The van der Waals surface area contributed by atoms with Gasteiger partial charge in [-0.1, -0.05) is 12.0 Å². The Bertz CT molecular complexity index is 738. The van der Waals surface area contributed by atoms with Gasteiger partial charge < -0.3 is 0 Å². The fraction of sp³-hybridized carbons (Fsp3) is 0. The van der Waals surface area contributed by atoms with Crippen molar-refractivity contribution in [3.05, 3.63) is 60.8 Å². The van der Waals surface area contributed by atoms with E-state index in [1.54, 1.807) is 29.3 Å². The SMILES string of the molecule is C#Cc1cccc(-c2cnn(-c3cccnc3)c2)n1. The molecule has 0 bridgehead atoms. The fourth-order valence-electron chi connectivity index (χ4n) is 1.76. The second-order valence-electron chi connectivity index (χ2n) is 3.94. The van der Waals surface area contributed by atoms with E-state index in [1.807, 2.05) is 30.5 Å². The second-order valence-corrected chi connectivity index (χ2v) is 3.94. The van der Waals surface area contributed by atoms with Crippen LogP contribution in [0.15, 0.2) is 55.1 Å². The molecule has 0 aliphatic heterocycles. The van der Waals surface area contributed by atoms with Crippen LogP contribution in [0.5, 0.6) is 0 Å². The van der Waals surface area contributed by atoms with Crippen molar-refractivity contribution in [3.63, 3.8) is 0 Å². The van der Waals surface area contributed by atoms with Crippen LogP contribution in [0.3, 0.4) is 0 Å². The zero-order chi connectivity index (χ0) is 13.1. The zero-order valence-electron chi connectivity index (χ0n) is 10.1. The summed E-state index contributed by atoms with van der Waals surface area (Å²) in [5, 5.41) is 4.30. The molecule has 0 radical (unpaired) electrons. The van der Waals surface area contributed by atoms with E-state index in [-0.39, 0.29) is 0 Å². The molecule has 4 nitrogen and oxygen atoms in total. The van der Waals surface area contributed by atoms with Gasteiger partial charge in [-0.05, 0) is 24.3 Å². The number of hydrogen-bond acceptors (Lipinski definition) is 3. The molecule has 0 spiro atoms. The summed E-state index contributed by atoms with van der Waals surface area (Å²) in [6.45, 7) is 0. The molecule has 0 fully saturated rings. The quantitative estimate of drug-likeness (QED) is 0.652. The molecule has 0 saturated heterocycles. The van der Waals surface area contributed by atoms with Gasteiger partial charge >= 0.3 is 0 Å². The molecule has 0 aromatic carbocycles. The van der Waals surface area contributed by atoms with Crippen LogP contribution in [0.2, 0.25) is 0 Å². The summed E-state index contributed by atoms with van der Waals surface area (Å²) >= 11 is 0. The summed E-state index contributed by atoms with van der Waals surface area (Å²) in [6.07, 6.45) is 12.5. The highest BCUT2D eigenvalue weighted by molar-refractivity contribution is 5.58. The third kappa shape index (κ3) is 2.22. The average molecular weight is 246 g/mol. The van der Waals surface area contributed by atoms with Crippen molar-refractivity contribution < 1.29 is 0 Å². The molecule has 90 valence electrons. The number of aromatic nitrogens is 4. The standard InChI is InChI=1S/C15H10N4/c1-2-13-5-3-7-15(18-13)12-9-17-19(11-12)14-6-4-8-16-10-14/h1,3-11H. The van der Waals surface area contributed by atoms with Crippen molar-refractivity contribution in [2.24, 2.45) is 0 Å². The predicted molar refractivity (Wildman–Crippen MR) is 72.5 cm³/mol. The van der Waals surface area contributed by atoms with E-state index in [2.05, 4.69) is 21.0 Å². The molecule has 0 aliphatic rings. The topological polar surface area (TPSA) is 43.6 Å². The van der Waals surface area contributed by atoms with E-state index in [0.717, 1.165) is 16.9 Å². The Labute approximate surface area is 110 Å². The molecule has 19 heavy (non-hydrogen) atoms. The third-order valence-electron chi connectivity index (χ3n) is 2.69. The Kier molecular flexibility index (Phi) is 2.79. The summed E-state index contributed by atoms with van der Waals surface area (Å²) in [5.41, 5.74) is 3.25. The Balaban J connectivity index is 2.00. The Hall–Kier alpha value is -2.93. The zero-order valence-corrected chi connectivity index (χ0v) is 10.1. The Morgan fingerprint density at radius 3 is 2.84 bits per heavy atom. The van der Waals surface area contributed by atoms with Crippen LogP contribution in [0, 0.1) is 12.3 Å². The molecule has 3 aromatic heterocycles. The lowest BCUT2D eigenvalue weighted by atomic mass is 10.2. The maximum atomic E-state index is 5.35. The lowest BCUT2D eigenvalue weighted by molar-refractivity contribution is 0.874. The minimum atomic E-state index is 0.617. The van der Waals surface area contributed by atoms with Gasteiger partial charge in [0.05, 0.1) is 23.8 Å². The van der Waals surface area contributed by atoms with Gasteiger partial charge in [-0.25, -0.2) is 9.67 Å². The first-order chi connectivity index (χ1) is 9.36. The summed E-state index contributed by atoms with van der Waals surface area (Å²) < 4.78 is 1.76. The Morgan fingerprint density at radius 2 is 2.05 bits per heavy atom. The smallest absolute Gasteiger partial charge is 0.113 e. The number of pyridine rings is 2. The molecule has 0 saturated carbocycles. The first-order valence-corrected chi connectivity index (χ1v) is 5.76. The monoisotopic (exact) mass is 246 g/mol. The lowest BCUT2D eigenvalue weighted by Gasteiger charge is -1.99. The number of rotatable bonds is 2. The highest BCUT2D eigenvalue weighted by Crippen LogP contribution is 2.17. The molecule has 0 unspecified atom stereocenters. The maximum absolute atomic E-state index is 5.35. The Morgan fingerprint density at radius 1 is 1.11 bits per heavy atom. The van der Waals surface area contributed by atoms with Gasteiger partial charge in [-0.3, -0.25) is 4.98 Å². The largest absolute Gasteiger partial charge is 0.262 e. The van der Waals surface area contributed by atoms with Crippen molar-refractivity contribution in [3.8, 4) is 29.3 Å². The van der Waals surface area contributed by atoms with Crippen molar-refractivity contribution in [2.75, 3.05) is 0 Å². The van der Waals surface area contributed by atoms with Crippen LogP contribution in [0.25, 0.3) is 16.9 Å². The molecule has 0 N–H and O–H groups in total. The van der Waals surface area contributed by atoms with Crippen LogP contribution >= 0.6 is 0 Å². The van der Waals surface area contributed by atoms with Crippen molar-refractivity contribution in [1.82, 2.24) is 19.7 Å². The number of hydrogen-bond donors (Lipinski definition) is 0. The highest BCUT2D eigenvalue weighted by Gasteiger charge is 2.05. The maximum Gasteiger partial charge on any atom is 0.113 e. The summed E-state index contributed by atoms with van der Waals surface area (Å²) in [5.74, 6) is 2.53. The van der Waals surface area contributed by atoms with Crippen LogP contribution in [-0.2, 0) is 0 Å². The van der Waals surface area contributed by atoms with Crippen LogP contribution in [0.4, 0.5) is 0 Å². The first kappa shape index (κ1) is 11.2. The lowest BCUT2D eigenvalue weighted by Crippen LogP contribution is -1.93. The van der Waals surface area contributed by atoms with E-state index in [1.165, 1.54) is 0 Å². The van der Waals surface area contributed by atoms with Gasteiger partial charge in [0.25, 0.3) is 0 Å². The molecular formula is C15H10N4. The van der Waals surface area contributed by atoms with Gasteiger partial charge in [0.2, 0.25) is 0 Å². The van der Waals surface area contributed by atoms with Gasteiger partial charge in [0.15, 0.2) is 0 Å². The summed E-state index contributed by atoms with van der Waals surface area (Å²) in [6, 6.07) is 9.41. The van der Waals surface area contributed by atoms with E-state index in [9.17, 15) is 0 Å². The molecular weight excluding hydrogens is 236 g/mol. The second kappa shape index (κ2) is 4.75. The molecule has 3 heterocycles. The summed E-state index contributed by atoms with van der Waals surface area (Å²) in [4.78, 5) is 8.43. The van der Waals surface area contributed by atoms with Gasteiger partial charge in [-0.2, -0.15) is 5.10 Å². The van der Waals surface area contributed by atoms with Crippen molar-refractivity contribution in [1.29, 1.82) is 0 Å². The first-order valence-electron chi connectivity index (χ1n) is 5.76. The van der Waals surface area contributed by atoms with Gasteiger partial charge in [-0.15, -0.1) is 6.42 Å². The minimum Gasteiger partial charge on any atom is -0.262 e. The fourth-order valence-corrected chi connectivity index (χ4v) is 1.76. The van der Waals surface area contributed by atoms with Crippen molar-refractivity contribution in [2.45, 2.75) is 0 Å². The normalized spacial score (nSPS) is 10.1. The third-order valence-corrected chi connectivity index (χ3v) is 2.69. The van der Waals surface area contributed by atoms with Gasteiger partial charge in [0, 0.05) is 18.0 Å². The molecule has 0 atom stereocenters. The summed E-state index contributed by atoms with van der Waals surface area (Å²) in [7, 11) is 0. The molecule has 0 amide bonds. The van der Waals surface area contributed by atoms with Crippen LogP contribution < -0.4 is 0 Å². The molecule has 0 aliphatic carbocycles. The van der Waals surface area contributed by atoms with Crippen LogP contribution in [0.1, 0.15) is 5.69 Å². The molecule has 3 aromatic rings. The van der Waals surface area contributed by atoms with E-state index in [0.29, 0.717) is 5.69 Å². The predicted octanol–water partition coefficient (Wildman–Crippen LogP) is 2.31. The minimum absolute atomic E-state index is 0.617. The molecule has 4 heteroatoms. The van der Waals surface area contributed by atoms with E-state index in [4.69, 9.17) is 6.42 Å². The van der Waals surface area contributed by atoms with Gasteiger partial charge in [0.1, 0.15) is 5.69 Å². The molecule has 3 rings (SSSR count). The van der Waals surface area contributed by atoms with Crippen molar-refractivity contribution >= 4 is 0 Å².